The third-order valence-corrected chi connectivity index (χ3v) is 5.81. The Labute approximate surface area is 211 Å². The van der Waals surface area contributed by atoms with Crippen molar-refractivity contribution in [2.45, 2.75) is 107 Å². The molecule has 0 N–H and O–H groups in total. The van der Waals surface area contributed by atoms with Crippen LogP contribution in [0.3, 0.4) is 0 Å². The third-order valence-electron chi connectivity index (χ3n) is 5.81. The molecule has 2 aromatic rings. The van der Waals surface area contributed by atoms with Gasteiger partial charge in [-0.05, 0) is 65.2 Å². The monoisotopic (exact) mass is 468 g/mol. The van der Waals surface area contributed by atoms with Gasteiger partial charge in [-0.25, -0.2) is 0 Å². The Hall–Kier alpha value is -1.80. The van der Waals surface area contributed by atoms with E-state index in [-0.39, 0.29) is 11.7 Å². The lowest BCUT2D eigenvalue weighted by Gasteiger charge is -2.31. The Morgan fingerprint density at radius 2 is 1.47 bits per heavy atom. The summed E-state index contributed by atoms with van der Waals surface area (Å²) < 4.78 is 12.7. The topological polar surface area (TPSA) is 18.5 Å². The highest BCUT2D eigenvalue weighted by Gasteiger charge is 2.26. The maximum atomic E-state index is 6.48. The van der Waals surface area contributed by atoms with Crippen LogP contribution in [0.4, 0.5) is 0 Å². The average molecular weight is 469 g/mol. The standard InChI is InChI=1S/C30H46O2.C2H6/c1-9-25(20-29(4,5)6)26-16-13-17-27(18-26)32-28(31-22-23(2)3)21-30(7,8)19-24-14-11-10-12-15-24;1-2/h10-18,23,25,28H,9,19-22H2,1-8H3;1-2H3. The fraction of sp³-hybridized carbons (Fsp3) is 0.625. The van der Waals surface area contributed by atoms with Gasteiger partial charge in [-0.3, -0.25) is 0 Å². The summed E-state index contributed by atoms with van der Waals surface area (Å²) >= 11 is 0. The van der Waals surface area contributed by atoms with E-state index in [1.807, 2.05) is 13.8 Å². The highest BCUT2D eigenvalue weighted by Crippen LogP contribution is 2.35. The Balaban J connectivity index is 0.00000281. The Bertz CT molecular complexity index is 786. The van der Waals surface area contributed by atoms with E-state index in [0.717, 1.165) is 25.0 Å². The summed E-state index contributed by atoms with van der Waals surface area (Å²) in [6.07, 6.45) is 3.90. The van der Waals surface area contributed by atoms with Crippen molar-refractivity contribution >= 4 is 0 Å². The fourth-order valence-corrected chi connectivity index (χ4v) is 4.34. The Morgan fingerprint density at radius 3 is 2.03 bits per heavy atom. The molecule has 192 valence electrons. The van der Waals surface area contributed by atoms with Gasteiger partial charge >= 0.3 is 0 Å². The maximum absolute atomic E-state index is 6.48. The number of hydrogen-bond donors (Lipinski definition) is 0. The van der Waals surface area contributed by atoms with Crippen molar-refractivity contribution in [2.24, 2.45) is 16.7 Å². The normalized spacial score (nSPS) is 13.7. The second-order valence-electron chi connectivity index (χ2n) is 11.7. The number of hydrogen-bond acceptors (Lipinski definition) is 2. The van der Waals surface area contributed by atoms with Gasteiger partial charge in [0, 0.05) is 6.42 Å². The van der Waals surface area contributed by atoms with E-state index in [9.17, 15) is 0 Å². The van der Waals surface area contributed by atoms with E-state index in [1.54, 1.807) is 0 Å². The molecule has 2 heteroatoms. The number of rotatable bonds is 12. The quantitative estimate of drug-likeness (QED) is 0.289. The summed E-state index contributed by atoms with van der Waals surface area (Å²) in [6, 6.07) is 19.4. The molecule has 2 aromatic carbocycles. The van der Waals surface area contributed by atoms with Crippen molar-refractivity contribution in [3.05, 3.63) is 65.7 Å². The molecule has 0 saturated heterocycles. The molecule has 34 heavy (non-hydrogen) atoms. The van der Waals surface area contributed by atoms with E-state index >= 15 is 0 Å². The minimum absolute atomic E-state index is 0.0683. The van der Waals surface area contributed by atoms with Gasteiger partial charge in [-0.1, -0.05) is 112 Å². The molecule has 0 fully saturated rings. The zero-order chi connectivity index (χ0) is 25.8. The van der Waals surface area contributed by atoms with Gasteiger partial charge in [0.15, 0.2) is 6.29 Å². The van der Waals surface area contributed by atoms with Gasteiger partial charge in [-0.2, -0.15) is 0 Å². The molecule has 0 bridgehead atoms. The highest BCUT2D eigenvalue weighted by molar-refractivity contribution is 5.31. The number of ether oxygens (including phenoxy) is 2. The van der Waals surface area contributed by atoms with Crippen molar-refractivity contribution in [1.82, 2.24) is 0 Å². The molecule has 0 spiro atoms. The number of benzene rings is 2. The van der Waals surface area contributed by atoms with E-state index in [0.29, 0.717) is 23.9 Å². The summed E-state index contributed by atoms with van der Waals surface area (Å²) in [5.41, 5.74) is 3.10. The van der Waals surface area contributed by atoms with Crippen LogP contribution in [-0.2, 0) is 11.2 Å². The highest BCUT2D eigenvalue weighted by atomic mass is 16.7. The van der Waals surface area contributed by atoms with Crippen molar-refractivity contribution in [3.8, 4) is 5.75 Å². The molecule has 2 nitrogen and oxygen atoms in total. The zero-order valence-corrected chi connectivity index (χ0v) is 23.8. The van der Waals surface area contributed by atoms with Gasteiger partial charge < -0.3 is 9.47 Å². The van der Waals surface area contributed by atoms with E-state index in [2.05, 4.69) is 110 Å². The minimum atomic E-state index is -0.256. The molecule has 2 atom stereocenters. The zero-order valence-electron chi connectivity index (χ0n) is 23.8. The maximum Gasteiger partial charge on any atom is 0.200 e. The molecule has 0 amide bonds. The average Bonchev–Trinajstić information content (AvgIpc) is 2.77. The van der Waals surface area contributed by atoms with Crippen LogP contribution in [0.25, 0.3) is 0 Å². The lowest BCUT2D eigenvalue weighted by atomic mass is 9.80. The van der Waals surface area contributed by atoms with E-state index in [1.165, 1.54) is 17.5 Å². The molecular weight excluding hydrogens is 416 g/mol. The SMILES string of the molecule is CC.CCC(CC(C)(C)C)c1cccc(OC(CC(C)(C)Cc2ccccc2)OCC(C)C)c1. The Kier molecular flexibility index (Phi) is 13.0. The van der Waals surface area contributed by atoms with Crippen molar-refractivity contribution < 1.29 is 9.47 Å². The fourth-order valence-electron chi connectivity index (χ4n) is 4.34. The minimum Gasteiger partial charge on any atom is -0.465 e. The van der Waals surface area contributed by atoms with Crippen LogP contribution in [-0.4, -0.2) is 12.9 Å². The molecule has 0 aromatic heterocycles. The molecule has 0 heterocycles. The third kappa shape index (κ3) is 12.1. The van der Waals surface area contributed by atoms with Crippen LogP contribution in [0.2, 0.25) is 0 Å². The summed E-state index contributed by atoms with van der Waals surface area (Å²) in [5.74, 6) is 1.93. The summed E-state index contributed by atoms with van der Waals surface area (Å²) in [7, 11) is 0. The van der Waals surface area contributed by atoms with Gasteiger partial charge in [0.1, 0.15) is 5.75 Å². The molecule has 2 rings (SSSR count). The first-order chi connectivity index (χ1) is 16.0. The first-order valence-corrected chi connectivity index (χ1v) is 13.4. The molecule has 0 aliphatic heterocycles. The Morgan fingerprint density at radius 1 is 0.824 bits per heavy atom. The van der Waals surface area contributed by atoms with Crippen LogP contribution in [0.15, 0.2) is 54.6 Å². The summed E-state index contributed by atoms with van der Waals surface area (Å²) in [4.78, 5) is 0. The van der Waals surface area contributed by atoms with Crippen LogP contribution in [0.1, 0.15) is 106 Å². The second kappa shape index (κ2) is 14.6. The summed E-state index contributed by atoms with van der Waals surface area (Å²) in [5, 5.41) is 0. The smallest absolute Gasteiger partial charge is 0.200 e. The van der Waals surface area contributed by atoms with Gasteiger partial charge in [-0.15, -0.1) is 0 Å². The van der Waals surface area contributed by atoms with E-state index in [4.69, 9.17) is 9.47 Å². The predicted octanol–water partition coefficient (Wildman–Crippen LogP) is 9.68. The largest absolute Gasteiger partial charge is 0.465 e. The molecule has 0 saturated carbocycles. The molecular formula is C32H52O2. The lowest BCUT2D eigenvalue weighted by molar-refractivity contribution is -0.109. The van der Waals surface area contributed by atoms with Crippen LogP contribution < -0.4 is 4.74 Å². The second-order valence-corrected chi connectivity index (χ2v) is 11.7. The predicted molar refractivity (Wildman–Crippen MR) is 149 cm³/mol. The summed E-state index contributed by atoms with van der Waals surface area (Å²) in [6.45, 7) is 22.9. The lowest BCUT2D eigenvalue weighted by Crippen LogP contribution is -2.30. The van der Waals surface area contributed by atoms with Crippen molar-refractivity contribution in [1.29, 1.82) is 0 Å². The van der Waals surface area contributed by atoms with Crippen molar-refractivity contribution in [3.63, 3.8) is 0 Å². The van der Waals surface area contributed by atoms with Gasteiger partial charge in [0.05, 0.1) is 6.61 Å². The molecule has 0 aliphatic carbocycles. The van der Waals surface area contributed by atoms with Crippen LogP contribution >= 0.6 is 0 Å². The van der Waals surface area contributed by atoms with Crippen molar-refractivity contribution in [2.75, 3.05) is 6.61 Å². The van der Waals surface area contributed by atoms with Gasteiger partial charge in [0.25, 0.3) is 0 Å². The first-order valence-electron chi connectivity index (χ1n) is 13.4. The van der Waals surface area contributed by atoms with E-state index < -0.39 is 0 Å². The van der Waals surface area contributed by atoms with Crippen LogP contribution in [0.5, 0.6) is 5.75 Å². The molecule has 2 unspecified atom stereocenters. The molecule has 0 aliphatic rings. The van der Waals surface area contributed by atoms with Crippen LogP contribution in [0, 0.1) is 16.7 Å². The van der Waals surface area contributed by atoms with Gasteiger partial charge in [0.2, 0.25) is 0 Å². The molecule has 0 radical (unpaired) electrons. The first kappa shape index (κ1) is 30.2.